The second-order valence-electron chi connectivity index (χ2n) is 10.0. The van der Waals surface area contributed by atoms with Crippen molar-refractivity contribution in [3.05, 3.63) is 35.9 Å². The van der Waals surface area contributed by atoms with Gasteiger partial charge in [-0.2, -0.15) is 0 Å². The minimum atomic E-state index is -0.606. The first kappa shape index (κ1) is 27.1. The third-order valence-electron chi connectivity index (χ3n) is 5.65. The van der Waals surface area contributed by atoms with Gasteiger partial charge in [-0.25, -0.2) is 4.79 Å². The molecule has 33 heavy (non-hydrogen) atoms. The maximum absolute atomic E-state index is 12.9. The van der Waals surface area contributed by atoms with Gasteiger partial charge in [0.1, 0.15) is 24.7 Å². The molecule has 0 spiro atoms. The summed E-state index contributed by atoms with van der Waals surface area (Å²) < 4.78 is 16.4. The van der Waals surface area contributed by atoms with Crippen molar-refractivity contribution in [2.75, 3.05) is 33.7 Å². The number of nitrogens with zero attached hydrogens (tertiary/aromatic N) is 1. The number of nitrogens with one attached hydrogen (secondary N) is 2. The fraction of sp³-hybridized carbons (Fsp3) is 0.680. The smallest absolute Gasteiger partial charge is 0.410 e. The van der Waals surface area contributed by atoms with E-state index in [1.54, 1.807) is 7.05 Å². The van der Waals surface area contributed by atoms with Crippen molar-refractivity contribution in [1.82, 2.24) is 15.5 Å². The van der Waals surface area contributed by atoms with E-state index in [2.05, 4.69) is 24.5 Å². The van der Waals surface area contributed by atoms with Crippen molar-refractivity contribution in [1.29, 1.82) is 0 Å². The monoisotopic (exact) mass is 463 g/mol. The first-order valence-electron chi connectivity index (χ1n) is 11.7. The predicted octanol–water partition coefficient (Wildman–Crippen LogP) is 3.51. The molecule has 2 rings (SSSR count). The summed E-state index contributed by atoms with van der Waals surface area (Å²) in [6.07, 6.45) is 1.07. The van der Waals surface area contributed by atoms with E-state index in [0.717, 1.165) is 12.0 Å². The van der Waals surface area contributed by atoms with Crippen LogP contribution in [0.3, 0.4) is 0 Å². The van der Waals surface area contributed by atoms with E-state index >= 15 is 0 Å². The van der Waals surface area contributed by atoms with Crippen LogP contribution in [0.25, 0.3) is 0 Å². The van der Waals surface area contributed by atoms with Gasteiger partial charge in [0.05, 0.1) is 6.61 Å². The number of rotatable bonds is 13. The van der Waals surface area contributed by atoms with Gasteiger partial charge >= 0.3 is 6.09 Å². The number of hydrogen-bond acceptors (Lipinski definition) is 6. The molecular formula is C25H41N3O5. The highest BCUT2D eigenvalue weighted by Crippen LogP contribution is 2.48. The minimum absolute atomic E-state index is 0.0186. The first-order valence-corrected chi connectivity index (χ1v) is 11.7. The molecule has 2 atom stereocenters. The highest BCUT2D eigenvalue weighted by molar-refractivity contribution is 5.90. The molecule has 2 unspecified atom stereocenters. The van der Waals surface area contributed by atoms with Gasteiger partial charge in [0.25, 0.3) is 0 Å². The van der Waals surface area contributed by atoms with Gasteiger partial charge in [-0.05, 0) is 51.0 Å². The molecule has 1 fully saturated rings. The molecule has 1 aliphatic rings. The lowest BCUT2D eigenvalue weighted by Gasteiger charge is -2.25. The standard InChI is InChI=1S/C25H41N3O5/c1-19(2)21-15-25(21,27-17-32-18-31-16-20-11-8-7-9-12-20)22(29)26-13-10-14-28(6)23(30)33-24(3,4)5/h7-9,11-12,19,21,27H,10,13-18H2,1-6H3,(H,26,29). The number of carbonyl (C=O) groups excluding carboxylic acids is 2. The zero-order valence-corrected chi connectivity index (χ0v) is 21.0. The predicted molar refractivity (Wildman–Crippen MR) is 127 cm³/mol. The summed E-state index contributed by atoms with van der Waals surface area (Å²) in [4.78, 5) is 26.5. The molecule has 2 amide bonds. The fourth-order valence-corrected chi connectivity index (χ4v) is 3.76. The molecule has 8 nitrogen and oxygen atoms in total. The van der Waals surface area contributed by atoms with Crippen LogP contribution in [-0.4, -0.2) is 61.7 Å². The van der Waals surface area contributed by atoms with Gasteiger partial charge in [-0.1, -0.05) is 44.2 Å². The third-order valence-corrected chi connectivity index (χ3v) is 5.65. The van der Waals surface area contributed by atoms with E-state index < -0.39 is 11.1 Å². The van der Waals surface area contributed by atoms with E-state index in [-0.39, 0.29) is 31.4 Å². The fourth-order valence-electron chi connectivity index (χ4n) is 3.76. The number of hydrogen-bond donors (Lipinski definition) is 2. The van der Waals surface area contributed by atoms with E-state index in [1.165, 1.54) is 4.90 Å². The largest absolute Gasteiger partial charge is 0.444 e. The van der Waals surface area contributed by atoms with Gasteiger partial charge in [-0.3, -0.25) is 10.1 Å². The zero-order chi connectivity index (χ0) is 24.5. The summed E-state index contributed by atoms with van der Waals surface area (Å²) in [6.45, 7) is 11.6. The van der Waals surface area contributed by atoms with Crippen molar-refractivity contribution >= 4 is 12.0 Å². The minimum Gasteiger partial charge on any atom is -0.444 e. The zero-order valence-electron chi connectivity index (χ0n) is 21.0. The van der Waals surface area contributed by atoms with Gasteiger partial charge in [0.15, 0.2) is 0 Å². The molecule has 1 saturated carbocycles. The van der Waals surface area contributed by atoms with Crippen LogP contribution in [0.4, 0.5) is 4.79 Å². The van der Waals surface area contributed by atoms with Crippen LogP contribution in [0.5, 0.6) is 0 Å². The van der Waals surface area contributed by atoms with E-state index in [0.29, 0.717) is 32.0 Å². The van der Waals surface area contributed by atoms with Crippen LogP contribution in [0.2, 0.25) is 0 Å². The summed E-state index contributed by atoms with van der Waals surface area (Å²) in [5, 5.41) is 6.31. The van der Waals surface area contributed by atoms with Crippen molar-refractivity contribution in [3.63, 3.8) is 0 Å². The van der Waals surface area contributed by atoms with Gasteiger partial charge in [0.2, 0.25) is 5.91 Å². The van der Waals surface area contributed by atoms with Crippen molar-refractivity contribution in [2.45, 2.75) is 65.2 Å². The lowest BCUT2D eigenvalue weighted by atomic mass is 10.0. The molecule has 0 bridgehead atoms. The van der Waals surface area contributed by atoms with Gasteiger partial charge < -0.3 is 24.4 Å². The Morgan fingerprint density at radius 2 is 1.88 bits per heavy atom. The van der Waals surface area contributed by atoms with Gasteiger partial charge in [0, 0.05) is 20.1 Å². The summed E-state index contributed by atoms with van der Waals surface area (Å²) >= 11 is 0. The second kappa shape index (κ2) is 12.3. The summed E-state index contributed by atoms with van der Waals surface area (Å²) in [5.74, 6) is 0.626. The van der Waals surface area contributed by atoms with Crippen molar-refractivity contribution in [2.24, 2.45) is 11.8 Å². The van der Waals surface area contributed by atoms with Crippen molar-refractivity contribution < 1.29 is 23.8 Å². The van der Waals surface area contributed by atoms with E-state index in [1.807, 2.05) is 51.1 Å². The molecule has 1 aromatic rings. The number of carbonyl (C=O) groups is 2. The van der Waals surface area contributed by atoms with Crippen LogP contribution in [0.15, 0.2) is 30.3 Å². The Morgan fingerprint density at radius 1 is 1.18 bits per heavy atom. The Bertz CT molecular complexity index is 750. The first-order chi connectivity index (χ1) is 15.5. The Balaban J connectivity index is 1.69. The van der Waals surface area contributed by atoms with Crippen LogP contribution in [-0.2, 0) is 25.6 Å². The number of amides is 2. The van der Waals surface area contributed by atoms with E-state index in [4.69, 9.17) is 14.2 Å². The Labute approximate surface area is 198 Å². The molecule has 0 radical (unpaired) electrons. The second-order valence-corrected chi connectivity index (χ2v) is 10.0. The topological polar surface area (TPSA) is 89.1 Å². The van der Waals surface area contributed by atoms with Crippen molar-refractivity contribution in [3.8, 4) is 0 Å². The lowest BCUT2D eigenvalue weighted by molar-refractivity contribution is -0.126. The highest BCUT2D eigenvalue weighted by atomic mass is 16.7. The Morgan fingerprint density at radius 3 is 2.48 bits per heavy atom. The molecule has 0 saturated heterocycles. The maximum Gasteiger partial charge on any atom is 0.410 e. The quantitative estimate of drug-likeness (QED) is 0.344. The molecule has 0 heterocycles. The van der Waals surface area contributed by atoms with E-state index in [9.17, 15) is 9.59 Å². The molecule has 0 aliphatic heterocycles. The Kier molecular flexibility index (Phi) is 10.1. The lowest BCUT2D eigenvalue weighted by Crippen LogP contribution is -2.50. The molecule has 0 aromatic heterocycles. The van der Waals surface area contributed by atoms with Crippen LogP contribution >= 0.6 is 0 Å². The number of ether oxygens (including phenoxy) is 3. The summed E-state index contributed by atoms with van der Waals surface area (Å²) in [6, 6.07) is 9.91. The SMILES string of the molecule is CC(C)C1CC1(NCOCOCc1ccccc1)C(=O)NCCCN(C)C(=O)OC(C)(C)C. The van der Waals surface area contributed by atoms with Crippen LogP contribution in [0.1, 0.15) is 53.0 Å². The number of benzene rings is 1. The molecule has 186 valence electrons. The van der Waals surface area contributed by atoms with Gasteiger partial charge in [-0.15, -0.1) is 0 Å². The average Bonchev–Trinajstić information content (AvgIpc) is 3.49. The molecular weight excluding hydrogens is 422 g/mol. The Hall–Kier alpha value is -2.16. The molecule has 1 aliphatic carbocycles. The average molecular weight is 464 g/mol. The highest BCUT2D eigenvalue weighted by Gasteiger charge is 2.60. The molecule has 8 heteroatoms. The molecule has 2 N–H and O–H groups in total. The molecule has 1 aromatic carbocycles. The van der Waals surface area contributed by atoms with Crippen LogP contribution in [0, 0.1) is 11.8 Å². The third kappa shape index (κ3) is 8.95. The maximum atomic E-state index is 12.9. The van der Waals surface area contributed by atoms with Crippen LogP contribution < -0.4 is 10.6 Å². The summed E-state index contributed by atoms with van der Waals surface area (Å²) in [7, 11) is 1.70. The normalized spacial score (nSPS) is 19.9. The summed E-state index contributed by atoms with van der Waals surface area (Å²) in [5.41, 5.74) is -0.0429.